The van der Waals surface area contributed by atoms with E-state index in [4.69, 9.17) is 0 Å². The van der Waals surface area contributed by atoms with Crippen molar-refractivity contribution in [1.29, 1.82) is 0 Å². The molecule has 8 heavy (non-hydrogen) atoms. The van der Waals surface area contributed by atoms with Crippen LogP contribution in [-0.4, -0.2) is 8.66 Å². The molecule has 0 aromatic rings. The second-order valence-electron chi connectivity index (χ2n) is 2.29. The van der Waals surface area contributed by atoms with Gasteiger partial charge >= 0.3 is 67.1 Å². The van der Waals surface area contributed by atoms with E-state index in [0.29, 0.717) is 2.86 Å². The number of allylic oxidation sites excluding steroid dienone is 2. The van der Waals surface area contributed by atoms with Crippen LogP contribution in [0.15, 0.2) is 11.6 Å². The van der Waals surface area contributed by atoms with Gasteiger partial charge in [0, 0.05) is 0 Å². The molecule has 41 valence electrons. The third-order valence-electron chi connectivity index (χ3n) is 1.05. The van der Waals surface area contributed by atoms with Crippen molar-refractivity contribution in [3.63, 3.8) is 0 Å². The summed E-state index contributed by atoms with van der Waals surface area (Å²) in [7, 11) is 1.48. The molecule has 1 aliphatic heterocycles. The van der Waals surface area contributed by atoms with Crippen molar-refractivity contribution in [2.24, 2.45) is 0 Å². The van der Waals surface area contributed by atoms with Gasteiger partial charge in [-0.1, -0.05) is 0 Å². The zero-order valence-corrected chi connectivity index (χ0v) is 8.45. The van der Waals surface area contributed by atoms with Crippen LogP contribution in [0.3, 0.4) is 0 Å². The van der Waals surface area contributed by atoms with Crippen molar-refractivity contribution in [3.8, 4) is 0 Å². The minimum atomic E-state index is 0.511. The van der Waals surface area contributed by atoms with E-state index in [0.717, 1.165) is 0 Å². The summed E-state index contributed by atoms with van der Waals surface area (Å²) in [5, 5.41) is 0. The summed E-state index contributed by atoms with van der Waals surface area (Å²) in [4.78, 5) is 0. The van der Waals surface area contributed by atoms with Crippen molar-refractivity contribution in [1.82, 2.24) is 0 Å². The normalized spacial score (nSPS) is 37.4. The average Bonchev–Trinajstić information content (AvgIpc) is 1.82. The molecule has 0 amide bonds. The van der Waals surface area contributed by atoms with Crippen LogP contribution in [0.4, 0.5) is 0 Å². The maximum absolute atomic E-state index is 2.35. The summed E-state index contributed by atoms with van der Waals surface area (Å²) >= 11 is 1.62. The van der Waals surface area contributed by atoms with E-state index in [9.17, 15) is 0 Å². The molecule has 1 atom stereocenters. The van der Waals surface area contributed by atoms with E-state index < -0.39 is 0 Å². The fourth-order valence-electron chi connectivity index (χ4n) is 0.754. The Morgan fingerprint density at radius 2 is 2.38 bits per heavy atom. The number of hydrogen-bond donors (Lipinski definition) is 0. The van der Waals surface area contributed by atoms with Crippen LogP contribution in [0, 0.1) is 0 Å². The standard InChI is InChI=1S/C6H8P.Zr/c1-5-3-6(2)7-4-5;/h3-4H,1-2H3;. The van der Waals surface area contributed by atoms with Crippen LogP contribution < -0.4 is 0 Å². The van der Waals surface area contributed by atoms with Gasteiger partial charge in [0.05, 0.1) is 0 Å². The molecule has 0 radical (unpaired) electrons. The van der Waals surface area contributed by atoms with Crippen LogP contribution in [0.1, 0.15) is 13.8 Å². The summed E-state index contributed by atoms with van der Waals surface area (Å²) in [6, 6.07) is 0. The molecule has 0 N–H and O–H groups in total. The van der Waals surface area contributed by atoms with Gasteiger partial charge in [0.15, 0.2) is 0 Å². The van der Waals surface area contributed by atoms with Crippen molar-refractivity contribution in [2.75, 3.05) is 0 Å². The van der Waals surface area contributed by atoms with Gasteiger partial charge in [-0.05, 0) is 0 Å². The molecule has 1 unspecified atom stereocenters. The Hall–Kier alpha value is 0.793. The maximum atomic E-state index is 2.35. The molecule has 2 heteroatoms. The Kier molecular flexibility index (Phi) is 1.90. The fourth-order valence-corrected chi connectivity index (χ4v) is 2.61. The summed E-state index contributed by atoms with van der Waals surface area (Å²) in [6.45, 7) is 4.46. The molecule has 0 aromatic heterocycles. The van der Waals surface area contributed by atoms with Gasteiger partial charge in [-0.2, -0.15) is 0 Å². The SMILES string of the molecule is CC1=C[C](C)([Zr])P=C1. The van der Waals surface area contributed by atoms with E-state index >= 15 is 0 Å². The third-order valence-corrected chi connectivity index (χ3v) is 3.55. The zero-order chi connectivity index (χ0) is 6.20. The molecule has 0 saturated carbocycles. The van der Waals surface area contributed by atoms with Crippen LogP contribution >= 0.6 is 8.20 Å². The Labute approximate surface area is 67.0 Å². The number of hydrogen-bond acceptors (Lipinski definition) is 0. The second kappa shape index (κ2) is 2.20. The van der Waals surface area contributed by atoms with Crippen molar-refractivity contribution in [2.45, 2.75) is 16.7 Å². The molecule has 0 fully saturated rings. The van der Waals surface area contributed by atoms with E-state index in [-0.39, 0.29) is 0 Å². The molecule has 0 spiro atoms. The Morgan fingerprint density at radius 3 is 2.50 bits per heavy atom. The van der Waals surface area contributed by atoms with E-state index in [1.165, 1.54) is 13.8 Å². The topological polar surface area (TPSA) is 0 Å². The van der Waals surface area contributed by atoms with Gasteiger partial charge in [-0.3, -0.25) is 0 Å². The van der Waals surface area contributed by atoms with Crippen LogP contribution in [0.2, 0.25) is 0 Å². The van der Waals surface area contributed by atoms with E-state index in [1.807, 2.05) is 0 Å². The predicted octanol–water partition coefficient (Wildman–Crippen LogP) is 1.96. The molecule has 0 saturated heterocycles. The third kappa shape index (κ3) is 1.64. The quantitative estimate of drug-likeness (QED) is 0.527. The Bertz CT molecular complexity index is 156. The van der Waals surface area contributed by atoms with E-state index in [1.54, 1.807) is 24.7 Å². The predicted molar refractivity (Wildman–Crippen MR) is 35.1 cm³/mol. The van der Waals surface area contributed by atoms with Gasteiger partial charge in [0.2, 0.25) is 0 Å². The average molecular weight is 202 g/mol. The molecule has 0 aromatic carbocycles. The molecule has 0 bridgehead atoms. The van der Waals surface area contributed by atoms with Gasteiger partial charge in [0.1, 0.15) is 0 Å². The molecular formula is C6H8PZr. The summed E-state index contributed by atoms with van der Waals surface area (Å²) in [6.07, 6.45) is 2.35. The van der Waals surface area contributed by atoms with Crippen LogP contribution in [0.25, 0.3) is 0 Å². The Balaban J connectivity index is 2.84. The van der Waals surface area contributed by atoms with Gasteiger partial charge in [0.25, 0.3) is 0 Å². The van der Waals surface area contributed by atoms with E-state index in [2.05, 4.69) is 25.7 Å². The zero-order valence-electron chi connectivity index (χ0n) is 5.10. The minimum absolute atomic E-state index is 0.511. The molecule has 0 nitrogen and oxygen atoms in total. The first-order valence-electron chi connectivity index (χ1n) is 2.60. The van der Waals surface area contributed by atoms with Crippen molar-refractivity contribution < 1.29 is 24.7 Å². The number of rotatable bonds is 0. The molecule has 1 aliphatic rings. The van der Waals surface area contributed by atoms with Gasteiger partial charge in [-0.15, -0.1) is 0 Å². The van der Waals surface area contributed by atoms with Crippen molar-refractivity contribution >= 4 is 14.0 Å². The first kappa shape index (κ1) is 6.91. The van der Waals surface area contributed by atoms with Crippen molar-refractivity contribution in [3.05, 3.63) is 11.6 Å². The summed E-state index contributed by atoms with van der Waals surface area (Å²) < 4.78 is 0.511. The summed E-state index contributed by atoms with van der Waals surface area (Å²) in [5.74, 6) is 2.29. The Morgan fingerprint density at radius 1 is 1.75 bits per heavy atom. The first-order valence-corrected chi connectivity index (χ1v) is 4.79. The van der Waals surface area contributed by atoms with Gasteiger partial charge < -0.3 is 0 Å². The fraction of sp³-hybridized carbons (Fsp3) is 0.500. The molecular weight excluding hydrogens is 194 g/mol. The summed E-state index contributed by atoms with van der Waals surface area (Å²) in [5.41, 5.74) is 1.45. The van der Waals surface area contributed by atoms with Crippen LogP contribution in [-0.2, 0) is 24.7 Å². The molecule has 1 heterocycles. The second-order valence-corrected chi connectivity index (χ2v) is 7.33. The molecule has 1 rings (SSSR count). The monoisotopic (exact) mass is 201 g/mol. The first-order chi connectivity index (χ1) is 3.60. The molecule has 0 aliphatic carbocycles. The van der Waals surface area contributed by atoms with Crippen LogP contribution in [0.5, 0.6) is 0 Å². The van der Waals surface area contributed by atoms with Gasteiger partial charge in [-0.25, -0.2) is 0 Å².